The molecule has 0 fully saturated rings. The van der Waals surface area contributed by atoms with E-state index in [-0.39, 0.29) is 0 Å². The fraction of sp³-hybridized carbons (Fsp3) is 0.300. The summed E-state index contributed by atoms with van der Waals surface area (Å²) in [5.41, 5.74) is -0.813. The van der Waals surface area contributed by atoms with Gasteiger partial charge in [0.1, 0.15) is 16.5 Å². The molecule has 1 aromatic rings. The van der Waals surface area contributed by atoms with Gasteiger partial charge in [-0.05, 0) is 15.9 Å². The van der Waals surface area contributed by atoms with Crippen LogP contribution < -0.4 is 5.32 Å². The third kappa shape index (κ3) is 4.34. The lowest BCUT2D eigenvalue weighted by Gasteiger charge is -2.16. The van der Waals surface area contributed by atoms with Crippen LogP contribution in [0.3, 0.4) is 0 Å². The number of amides is 1. The zero-order chi connectivity index (χ0) is 16.4. The molecule has 0 aliphatic heterocycles. The van der Waals surface area contributed by atoms with Crippen LogP contribution in [0.2, 0.25) is 0 Å². The van der Waals surface area contributed by atoms with Gasteiger partial charge < -0.3 is 10.4 Å². The summed E-state index contributed by atoms with van der Waals surface area (Å²) in [4.78, 5) is 24.8. The number of aromatic nitrogens is 1. The summed E-state index contributed by atoms with van der Waals surface area (Å²) in [6.07, 6.45) is -5.77. The topological polar surface area (TPSA) is 79.3 Å². The summed E-state index contributed by atoms with van der Waals surface area (Å²) in [7, 11) is 0. The molecule has 5 nitrogen and oxygen atoms in total. The number of pyridine rings is 1. The molecule has 11 heteroatoms. The van der Waals surface area contributed by atoms with E-state index in [1.54, 1.807) is 0 Å². The molecule has 0 aliphatic carbocycles. The maximum Gasteiger partial charge on any atom is 0.471 e. The molecular weight excluding hydrogens is 371 g/mol. The van der Waals surface area contributed by atoms with Gasteiger partial charge in [0.25, 0.3) is 0 Å². The van der Waals surface area contributed by atoms with E-state index >= 15 is 0 Å². The minimum Gasteiger partial charge on any atom is -0.480 e. The summed E-state index contributed by atoms with van der Waals surface area (Å²) in [5, 5.41) is 9.89. The number of carbonyl (C=O) groups excluding carboxylic acids is 1. The van der Waals surface area contributed by atoms with Crippen LogP contribution in [0, 0.1) is 11.6 Å². The van der Waals surface area contributed by atoms with Crippen LogP contribution in [-0.2, 0) is 16.0 Å². The van der Waals surface area contributed by atoms with Crippen molar-refractivity contribution < 1.29 is 36.6 Å². The van der Waals surface area contributed by atoms with E-state index in [0.717, 1.165) is 5.32 Å². The Morgan fingerprint density at radius 3 is 2.43 bits per heavy atom. The summed E-state index contributed by atoms with van der Waals surface area (Å²) < 4.78 is 62.7. The molecule has 0 saturated carbocycles. The minimum atomic E-state index is -5.32. The monoisotopic (exact) mass is 376 g/mol. The molecule has 21 heavy (non-hydrogen) atoms. The summed E-state index contributed by atoms with van der Waals surface area (Å²) in [6.45, 7) is 0. The van der Waals surface area contributed by atoms with Gasteiger partial charge in [0, 0.05) is 12.0 Å². The Hall–Kier alpha value is -1.78. The van der Waals surface area contributed by atoms with Crippen LogP contribution >= 0.6 is 15.9 Å². The quantitative estimate of drug-likeness (QED) is 0.620. The molecule has 2 N–H and O–H groups in total. The Bertz CT molecular complexity index is 579. The zero-order valence-electron chi connectivity index (χ0n) is 9.84. The predicted octanol–water partition coefficient (Wildman–Crippen LogP) is 1.80. The van der Waals surface area contributed by atoms with E-state index in [0.29, 0.717) is 6.20 Å². The SMILES string of the molecule is O=C(O)C(Cc1c(F)cnc(Br)c1F)NC(=O)C(F)(F)F. The number of carbonyl (C=O) groups is 2. The van der Waals surface area contributed by atoms with Crippen molar-refractivity contribution in [3.8, 4) is 0 Å². The van der Waals surface area contributed by atoms with E-state index in [1.807, 2.05) is 0 Å². The Morgan fingerprint density at radius 2 is 1.95 bits per heavy atom. The third-order valence-corrected chi connectivity index (χ3v) is 2.85. The summed E-state index contributed by atoms with van der Waals surface area (Å²) in [5.74, 6) is -6.91. The van der Waals surface area contributed by atoms with Gasteiger partial charge in [0.2, 0.25) is 0 Å². The van der Waals surface area contributed by atoms with Crippen molar-refractivity contribution in [3.63, 3.8) is 0 Å². The van der Waals surface area contributed by atoms with Crippen molar-refractivity contribution >= 4 is 27.8 Å². The normalized spacial score (nSPS) is 12.9. The Kier molecular flexibility index (Phi) is 5.20. The molecule has 1 aromatic heterocycles. The molecule has 0 bridgehead atoms. The fourth-order valence-electron chi connectivity index (χ4n) is 1.31. The highest BCUT2D eigenvalue weighted by molar-refractivity contribution is 9.10. The first-order valence-corrected chi connectivity index (χ1v) is 5.92. The Balaban J connectivity index is 3.03. The minimum absolute atomic E-state index is 0.440. The van der Waals surface area contributed by atoms with Gasteiger partial charge in [-0.2, -0.15) is 13.2 Å². The molecule has 0 spiro atoms. The van der Waals surface area contributed by atoms with Gasteiger partial charge in [-0.25, -0.2) is 18.6 Å². The smallest absolute Gasteiger partial charge is 0.471 e. The number of nitrogens with one attached hydrogen (secondary N) is 1. The van der Waals surface area contributed by atoms with Crippen LogP contribution in [0.1, 0.15) is 5.56 Å². The fourth-order valence-corrected chi connectivity index (χ4v) is 1.65. The molecule has 1 rings (SSSR count). The third-order valence-electron chi connectivity index (χ3n) is 2.29. The molecule has 1 heterocycles. The van der Waals surface area contributed by atoms with E-state index in [2.05, 4.69) is 20.9 Å². The molecule has 0 saturated heterocycles. The first kappa shape index (κ1) is 17.3. The number of halogens is 6. The molecule has 0 radical (unpaired) electrons. The highest BCUT2D eigenvalue weighted by Gasteiger charge is 2.41. The van der Waals surface area contributed by atoms with E-state index in [4.69, 9.17) is 5.11 Å². The van der Waals surface area contributed by atoms with Gasteiger partial charge in [0.05, 0.1) is 6.20 Å². The zero-order valence-corrected chi connectivity index (χ0v) is 11.4. The van der Waals surface area contributed by atoms with Gasteiger partial charge in [-0.15, -0.1) is 0 Å². The molecule has 116 valence electrons. The van der Waals surface area contributed by atoms with Gasteiger partial charge in [-0.1, -0.05) is 0 Å². The lowest BCUT2D eigenvalue weighted by molar-refractivity contribution is -0.175. The van der Waals surface area contributed by atoms with E-state index < -0.39 is 52.3 Å². The van der Waals surface area contributed by atoms with Gasteiger partial charge in [-0.3, -0.25) is 4.79 Å². The molecular formula is C10H6BrF5N2O3. The summed E-state index contributed by atoms with van der Waals surface area (Å²) >= 11 is 2.62. The standard InChI is InChI=1S/C10H6BrF5N2O3/c11-7-6(13)3(4(12)2-17-7)1-5(8(19)20)18-9(21)10(14,15)16/h2,5H,1H2,(H,18,21)(H,19,20). The maximum atomic E-state index is 13.6. The molecule has 1 amide bonds. The second-order valence-electron chi connectivity index (χ2n) is 3.76. The van der Waals surface area contributed by atoms with Crippen LogP contribution in [-0.4, -0.2) is 34.2 Å². The average molecular weight is 377 g/mol. The first-order valence-electron chi connectivity index (χ1n) is 5.13. The molecule has 0 aliphatic rings. The number of hydrogen-bond donors (Lipinski definition) is 2. The number of aliphatic carboxylic acids is 1. The van der Waals surface area contributed by atoms with Crippen molar-refractivity contribution in [3.05, 3.63) is 28.0 Å². The second-order valence-corrected chi connectivity index (χ2v) is 4.51. The molecule has 1 atom stereocenters. The number of nitrogens with zero attached hydrogens (tertiary/aromatic N) is 1. The largest absolute Gasteiger partial charge is 0.480 e. The molecule has 0 aromatic carbocycles. The van der Waals surface area contributed by atoms with Crippen molar-refractivity contribution in [2.45, 2.75) is 18.6 Å². The Labute approximate surface area is 122 Å². The average Bonchev–Trinajstić information content (AvgIpc) is 2.36. The molecule has 1 unspecified atom stereocenters. The van der Waals surface area contributed by atoms with Crippen LogP contribution in [0.15, 0.2) is 10.8 Å². The lowest BCUT2D eigenvalue weighted by Crippen LogP contribution is -2.48. The van der Waals surface area contributed by atoms with Crippen molar-refractivity contribution in [2.24, 2.45) is 0 Å². The van der Waals surface area contributed by atoms with Gasteiger partial charge >= 0.3 is 18.1 Å². The number of alkyl halides is 3. The van der Waals surface area contributed by atoms with Crippen molar-refractivity contribution in [1.82, 2.24) is 10.3 Å². The first-order chi connectivity index (χ1) is 9.54. The number of carboxylic acids is 1. The van der Waals surface area contributed by atoms with E-state index in [9.17, 15) is 31.5 Å². The van der Waals surface area contributed by atoms with E-state index in [1.165, 1.54) is 0 Å². The highest BCUT2D eigenvalue weighted by atomic mass is 79.9. The number of rotatable bonds is 4. The van der Waals surface area contributed by atoms with Crippen LogP contribution in [0.5, 0.6) is 0 Å². The van der Waals surface area contributed by atoms with Crippen LogP contribution in [0.4, 0.5) is 22.0 Å². The summed E-state index contributed by atoms with van der Waals surface area (Å²) in [6, 6.07) is -2.16. The highest BCUT2D eigenvalue weighted by Crippen LogP contribution is 2.21. The van der Waals surface area contributed by atoms with Gasteiger partial charge in [0.15, 0.2) is 5.82 Å². The van der Waals surface area contributed by atoms with Crippen LogP contribution in [0.25, 0.3) is 0 Å². The number of carboxylic acid groups (broad SMARTS) is 1. The number of hydrogen-bond acceptors (Lipinski definition) is 3. The van der Waals surface area contributed by atoms with Crippen molar-refractivity contribution in [1.29, 1.82) is 0 Å². The Morgan fingerprint density at radius 1 is 1.38 bits per heavy atom. The second kappa shape index (κ2) is 6.33. The van der Waals surface area contributed by atoms with Crippen molar-refractivity contribution in [2.75, 3.05) is 0 Å². The lowest BCUT2D eigenvalue weighted by atomic mass is 10.1. The maximum absolute atomic E-state index is 13.6. The predicted molar refractivity (Wildman–Crippen MR) is 61.2 cm³/mol.